The highest BCUT2D eigenvalue weighted by atomic mass is 32.3. The molecule has 396 valence electrons. The number of ether oxygens (including phenoxy) is 5. The Morgan fingerprint density at radius 1 is 0.986 bits per heavy atom. The summed E-state index contributed by atoms with van der Waals surface area (Å²) in [6, 6.07) is 2.23. The lowest BCUT2D eigenvalue weighted by atomic mass is 9.84. The number of hydrogen-bond donors (Lipinski definition) is 4. The zero-order valence-electron chi connectivity index (χ0n) is 41.8. The summed E-state index contributed by atoms with van der Waals surface area (Å²) in [5, 5.41) is 15.5. The highest BCUT2D eigenvalue weighted by Crippen LogP contribution is 2.34. The number of anilines is 2. The third-order valence-electron chi connectivity index (χ3n) is 9.29. The smallest absolute Gasteiger partial charge is 0.505 e. The molecular formula is C44H60FN9O16S2. The molecule has 0 saturated carbocycles. The topological polar surface area (TPSA) is 310 Å². The van der Waals surface area contributed by atoms with Gasteiger partial charge in [0.1, 0.15) is 60.4 Å². The van der Waals surface area contributed by atoms with Gasteiger partial charge in [-0.2, -0.15) is 24.1 Å². The van der Waals surface area contributed by atoms with Crippen molar-refractivity contribution in [3.05, 3.63) is 53.9 Å². The molecule has 28 heteroatoms. The molecule has 4 N–H and O–H groups in total. The summed E-state index contributed by atoms with van der Waals surface area (Å²) in [6.07, 6.45) is -0.761. The van der Waals surface area contributed by atoms with Crippen LogP contribution in [0.4, 0.5) is 29.7 Å². The first-order chi connectivity index (χ1) is 33.2. The first-order valence-corrected chi connectivity index (χ1v) is 24.2. The Labute approximate surface area is 419 Å². The molecule has 1 saturated heterocycles. The molecule has 3 heterocycles. The number of carbonyl (C=O) groups excluding carboxylic acids is 6. The number of hydroxylamine groups is 2. The lowest BCUT2D eigenvalue weighted by molar-refractivity contribution is -0.740. The zero-order valence-corrected chi connectivity index (χ0v) is 43.5. The molecule has 0 bridgehead atoms. The van der Waals surface area contributed by atoms with E-state index in [0.717, 1.165) is 17.4 Å². The summed E-state index contributed by atoms with van der Waals surface area (Å²) in [4.78, 5) is 87.7. The van der Waals surface area contributed by atoms with Gasteiger partial charge in [0.15, 0.2) is 10.8 Å². The molecule has 0 spiro atoms. The monoisotopic (exact) mass is 1050 g/mol. The SMILES string of the molecule is C=CCOC(=O)Nc1c(-c2ccc(OC[C@H](O/N=C(\C(=O)N[C@@H]3C(=O)N(OS(=O)(=O)[O-])C3(C)C)c3csc(NC(=O)OC(C)(C)C)n3)C(=O)OC(C)(C)C)cc2F)cn(CCCNC(=O)OC(C)(C)C)[n+]1C. The van der Waals surface area contributed by atoms with Crippen molar-refractivity contribution in [1.82, 2.24) is 25.4 Å². The zero-order chi connectivity index (χ0) is 54.1. The number of amides is 5. The van der Waals surface area contributed by atoms with Crippen LogP contribution in [-0.2, 0) is 66.4 Å². The fourth-order valence-electron chi connectivity index (χ4n) is 6.23. The van der Waals surface area contributed by atoms with Crippen molar-refractivity contribution >= 4 is 74.5 Å². The van der Waals surface area contributed by atoms with E-state index in [-0.39, 0.29) is 51.7 Å². The Morgan fingerprint density at radius 2 is 1.62 bits per heavy atom. The van der Waals surface area contributed by atoms with Crippen LogP contribution < -0.4 is 30.7 Å². The number of halogens is 1. The minimum Gasteiger partial charge on any atom is -0.724 e. The largest absolute Gasteiger partial charge is 0.724 e. The summed E-state index contributed by atoms with van der Waals surface area (Å²) in [6.45, 7) is 20.6. The van der Waals surface area contributed by atoms with Gasteiger partial charge in [-0.05, 0) is 94.7 Å². The number of alkyl carbamates (subject to hydrolysis) is 1. The van der Waals surface area contributed by atoms with Gasteiger partial charge in [-0.15, -0.1) is 11.3 Å². The molecule has 72 heavy (non-hydrogen) atoms. The summed E-state index contributed by atoms with van der Waals surface area (Å²) in [7, 11) is -3.77. The molecule has 5 amide bonds. The van der Waals surface area contributed by atoms with Crippen LogP contribution in [-0.4, -0.2) is 124 Å². The maximum atomic E-state index is 16.2. The van der Waals surface area contributed by atoms with Crippen molar-refractivity contribution in [3.8, 4) is 16.9 Å². The van der Waals surface area contributed by atoms with E-state index in [1.54, 1.807) is 84.9 Å². The number of aromatic nitrogens is 3. The lowest BCUT2D eigenvalue weighted by Gasteiger charge is -2.51. The van der Waals surface area contributed by atoms with Crippen LogP contribution in [0.3, 0.4) is 0 Å². The van der Waals surface area contributed by atoms with E-state index in [4.69, 9.17) is 28.5 Å². The van der Waals surface area contributed by atoms with Crippen LogP contribution in [0.15, 0.2) is 47.6 Å². The Bertz CT molecular complexity index is 2670. The van der Waals surface area contributed by atoms with Gasteiger partial charge in [-0.1, -0.05) is 17.8 Å². The number of hydrogen-bond acceptors (Lipinski definition) is 19. The predicted molar refractivity (Wildman–Crippen MR) is 253 cm³/mol. The number of carbonyl (C=O) groups is 6. The number of nitrogens with zero attached hydrogens (tertiary/aromatic N) is 5. The van der Waals surface area contributed by atoms with Crippen LogP contribution in [0.5, 0.6) is 5.75 Å². The van der Waals surface area contributed by atoms with Gasteiger partial charge in [0.05, 0.1) is 23.8 Å². The average molecular weight is 1050 g/mol. The predicted octanol–water partition coefficient (Wildman–Crippen LogP) is 4.58. The van der Waals surface area contributed by atoms with E-state index in [0.29, 0.717) is 13.0 Å². The molecule has 1 aliphatic rings. The quantitative estimate of drug-likeness (QED) is 0.0115. The Balaban J connectivity index is 1.65. The van der Waals surface area contributed by atoms with E-state index in [1.807, 2.05) is 0 Å². The summed E-state index contributed by atoms with van der Waals surface area (Å²) >= 11 is 0.828. The average Bonchev–Trinajstić information content (AvgIpc) is 3.81. The minimum atomic E-state index is -5.39. The summed E-state index contributed by atoms with van der Waals surface area (Å²) < 4.78 is 84.6. The number of rotatable bonds is 20. The van der Waals surface area contributed by atoms with Crippen molar-refractivity contribution in [2.24, 2.45) is 12.2 Å². The second kappa shape index (κ2) is 23.1. The number of esters is 1. The van der Waals surface area contributed by atoms with Crippen molar-refractivity contribution in [2.45, 2.75) is 124 Å². The first kappa shape index (κ1) is 57.7. The number of oxime groups is 1. The second-order valence-corrected chi connectivity index (χ2v) is 21.1. The number of benzene rings is 1. The Hall–Kier alpha value is -6.91. The van der Waals surface area contributed by atoms with Crippen molar-refractivity contribution in [2.75, 3.05) is 30.4 Å². The maximum Gasteiger partial charge on any atom is 0.505 e. The van der Waals surface area contributed by atoms with E-state index >= 15 is 4.39 Å². The van der Waals surface area contributed by atoms with E-state index in [1.165, 1.54) is 37.4 Å². The van der Waals surface area contributed by atoms with Gasteiger partial charge in [0, 0.05) is 23.6 Å². The van der Waals surface area contributed by atoms with Crippen LogP contribution >= 0.6 is 11.3 Å². The highest BCUT2D eigenvalue weighted by Gasteiger charge is 2.57. The fourth-order valence-corrected chi connectivity index (χ4v) is 7.35. The first-order valence-electron chi connectivity index (χ1n) is 21.9. The van der Waals surface area contributed by atoms with Gasteiger partial charge in [0.25, 0.3) is 17.9 Å². The molecule has 0 unspecified atom stereocenters. The van der Waals surface area contributed by atoms with Crippen LogP contribution in [0.1, 0.15) is 88.3 Å². The van der Waals surface area contributed by atoms with E-state index in [9.17, 15) is 41.7 Å². The van der Waals surface area contributed by atoms with Crippen LogP contribution in [0, 0.1) is 5.82 Å². The van der Waals surface area contributed by atoms with Gasteiger partial charge < -0.3 is 43.7 Å². The second-order valence-electron chi connectivity index (χ2n) is 19.2. The van der Waals surface area contributed by atoms with Crippen molar-refractivity contribution < 1.29 is 83.6 Å². The summed E-state index contributed by atoms with van der Waals surface area (Å²) in [5.74, 6) is -4.15. The molecule has 0 radical (unpaired) electrons. The standard InChI is InChI=1S/C44H60FN9O16S2/c1-14-20-64-39(59)49-33-27(22-53(52(33)13)19-15-18-46-38(58)67-42(5,6)7)26-17-16-25(21-28(26)45)65-23-30(36(57)66-41(2,3)4)69-51-31(29-24-71-37(47-29)50-40(60)68-43(8,9)10)34(55)48-32-35(56)54(44(32,11)12)70-72(61,62)63/h14,16-17,21-22,24,30,32H,1,15,18-20,23H2,2-13H3,(H4,46,47,48,50,55,58,60,61,62,63)/b51-31-/t30-,32+/m0/s1. The lowest BCUT2D eigenvalue weighted by Crippen LogP contribution is -2.76. The number of aryl methyl sites for hydroxylation is 1. The maximum absolute atomic E-state index is 16.2. The number of nitrogens with one attached hydrogen (secondary N) is 4. The van der Waals surface area contributed by atoms with Crippen LogP contribution in [0.2, 0.25) is 0 Å². The van der Waals surface area contributed by atoms with E-state index < -0.39 is 99.1 Å². The third kappa shape index (κ3) is 16.9. The molecule has 25 nitrogen and oxygen atoms in total. The number of β-lactam (4-membered cyclic amide) rings is 1. The molecule has 2 atom stereocenters. The minimum absolute atomic E-state index is 0.00375. The molecular weight excluding hydrogens is 994 g/mol. The molecule has 0 aliphatic carbocycles. The normalized spacial score (nSPS) is 15.3. The molecule has 1 aliphatic heterocycles. The molecule has 1 fully saturated rings. The van der Waals surface area contributed by atoms with Crippen LogP contribution in [0.25, 0.3) is 11.1 Å². The fraction of sp³-hybridized carbons (Fsp3) is 0.523. The Morgan fingerprint density at radius 3 is 2.21 bits per heavy atom. The molecule has 3 aromatic rings. The number of thiazole rings is 1. The van der Waals surface area contributed by atoms with Gasteiger partial charge >= 0.3 is 30.1 Å². The molecule has 2 aromatic heterocycles. The van der Waals surface area contributed by atoms with E-state index in [2.05, 4.69) is 42.3 Å². The molecule has 1 aromatic carbocycles. The summed E-state index contributed by atoms with van der Waals surface area (Å²) in [5.41, 5.74) is -4.98. The molecule has 4 rings (SSSR count). The van der Waals surface area contributed by atoms with Crippen molar-refractivity contribution in [3.63, 3.8) is 0 Å². The van der Waals surface area contributed by atoms with Crippen molar-refractivity contribution in [1.29, 1.82) is 0 Å². The van der Waals surface area contributed by atoms with Gasteiger partial charge in [-0.3, -0.25) is 14.9 Å². The highest BCUT2D eigenvalue weighted by molar-refractivity contribution is 7.80. The Kier molecular flexibility index (Phi) is 18.5. The third-order valence-corrected chi connectivity index (χ3v) is 10.4. The van der Waals surface area contributed by atoms with Gasteiger partial charge in [-0.25, -0.2) is 36.9 Å². The van der Waals surface area contributed by atoms with Gasteiger partial charge in [0.2, 0.25) is 10.4 Å².